The molecular formula is C32H45BrFN. The number of nitrogens with zero attached hydrogens (tertiary/aromatic N) is 1. The van der Waals surface area contributed by atoms with E-state index in [0.29, 0.717) is 27.7 Å². The van der Waals surface area contributed by atoms with Gasteiger partial charge < -0.3 is 4.90 Å². The molecule has 2 rings (SSSR count). The Morgan fingerprint density at radius 3 is 2.34 bits per heavy atom. The molecule has 0 aromatic heterocycles. The van der Waals surface area contributed by atoms with E-state index in [1.165, 1.54) is 36.5 Å². The van der Waals surface area contributed by atoms with E-state index in [-0.39, 0.29) is 5.83 Å². The molecule has 3 heteroatoms. The summed E-state index contributed by atoms with van der Waals surface area (Å²) in [4.78, 5) is 2.17. The van der Waals surface area contributed by atoms with Gasteiger partial charge in [0.15, 0.2) is 0 Å². The van der Waals surface area contributed by atoms with E-state index in [4.69, 9.17) is 0 Å². The lowest BCUT2D eigenvalue weighted by Crippen LogP contribution is -2.34. The highest BCUT2D eigenvalue weighted by molar-refractivity contribution is 9.11. The molecule has 0 amide bonds. The van der Waals surface area contributed by atoms with Crippen LogP contribution in [0.3, 0.4) is 0 Å². The molecule has 0 radical (unpaired) electrons. The van der Waals surface area contributed by atoms with Crippen LogP contribution in [0.15, 0.2) is 94.2 Å². The Morgan fingerprint density at radius 2 is 1.80 bits per heavy atom. The van der Waals surface area contributed by atoms with Crippen LogP contribution in [-0.4, -0.2) is 4.90 Å². The van der Waals surface area contributed by atoms with Crippen molar-refractivity contribution in [3.63, 3.8) is 0 Å². The van der Waals surface area contributed by atoms with Gasteiger partial charge in [0.2, 0.25) is 0 Å². The fraction of sp³-hybridized carbons (Fsp3) is 0.500. The van der Waals surface area contributed by atoms with Crippen LogP contribution in [0.25, 0.3) is 0 Å². The van der Waals surface area contributed by atoms with Gasteiger partial charge in [0.1, 0.15) is 5.83 Å². The third kappa shape index (κ3) is 8.07. The smallest absolute Gasteiger partial charge is 0.137 e. The molecule has 0 unspecified atom stereocenters. The molecule has 0 spiro atoms. The Balaban J connectivity index is 2.60. The molecule has 192 valence electrons. The number of allylic oxidation sites excluding steroid dienone is 10. The molecule has 0 saturated heterocycles. The fourth-order valence-electron chi connectivity index (χ4n) is 5.82. The summed E-state index contributed by atoms with van der Waals surface area (Å²) >= 11 is 3.35. The third-order valence-electron chi connectivity index (χ3n) is 7.07. The van der Waals surface area contributed by atoms with E-state index < -0.39 is 0 Å². The second-order valence-corrected chi connectivity index (χ2v) is 12.4. The van der Waals surface area contributed by atoms with Crippen LogP contribution in [0.1, 0.15) is 87.0 Å². The van der Waals surface area contributed by atoms with Crippen LogP contribution in [0.5, 0.6) is 0 Å². The first-order chi connectivity index (χ1) is 16.3. The molecule has 0 aromatic carbocycles. The maximum atomic E-state index is 14.4. The first-order valence-electron chi connectivity index (χ1n) is 13.0. The van der Waals surface area contributed by atoms with Crippen LogP contribution in [0, 0.1) is 16.7 Å². The van der Waals surface area contributed by atoms with Crippen LogP contribution >= 0.6 is 15.9 Å². The minimum absolute atomic E-state index is 0.262. The van der Waals surface area contributed by atoms with Gasteiger partial charge in [-0.25, -0.2) is 4.39 Å². The van der Waals surface area contributed by atoms with Crippen molar-refractivity contribution < 1.29 is 4.39 Å². The first-order valence-corrected chi connectivity index (χ1v) is 13.7. The summed E-state index contributed by atoms with van der Waals surface area (Å²) in [5, 5.41) is 0. The van der Waals surface area contributed by atoms with Gasteiger partial charge in [-0.1, -0.05) is 84.6 Å². The molecule has 0 bridgehead atoms. The van der Waals surface area contributed by atoms with E-state index in [9.17, 15) is 4.39 Å². The van der Waals surface area contributed by atoms with Gasteiger partial charge in [-0.3, -0.25) is 0 Å². The lowest BCUT2D eigenvalue weighted by Gasteiger charge is -2.45. The van der Waals surface area contributed by atoms with E-state index >= 15 is 0 Å². The Labute approximate surface area is 222 Å². The monoisotopic (exact) mass is 541 g/mol. The third-order valence-corrected chi connectivity index (χ3v) is 7.77. The van der Waals surface area contributed by atoms with Gasteiger partial charge in [-0.05, 0) is 89.4 Å². The topological polar surface area (TPSA) is 3.24 Å². The highest BCUT2D eigenvalue weighted by atomic mass is 79.9. The molecular weight excluding hydrogens is 497 g/mol. The average molecular weight is 543 g/mol. The molecule has 0 aliphatic heterocycles. The molecule has 0 aromatic rings. The number of hydrogen-bond acceptors (Lipinski definition) is 1. The Morgan fingerprint density at radius 1 is 1.17 bits per heavy atom. The minimum atomic E-state index is -0.262. The minimum Gasteiger partial charge on any atom is -0.321 e. The highest BCUT2D eigenvalue weighted by Crippen LogP contribution is 2.50. The molecule has 0 N–H and O–H groups in total. The molecule has 1 saturated carbocycles. The predicted octanol–water partition coefficient (Wildman–Crippen LogP) is 10.8. The zero-order chi connectivity index (χ0) is 26.4. The second-order valence-electron chi connectivity index (χ2n) is 11.5. The van der Waals surface area contributed by atoms with Crippen molar-refractivity contribution >= 4 is 15.9 Å². The molecule has 0 atom stereocenters. The number of hydrogen-bond donors (Lipinski definition) is 0. The molecule has 35 heavy (non-hydrogen) atoms. The van der Waals surface area contributed by atoms with Crippen molar-refractivity contribution in [1.82, 2.24) is 4.90 Å². The van der Waals surface area contributed by atoms with Crippen LogP contribution < -0.4 is 0 Å². The maximum absolute atomic E-state index is 14.4. The SMILES string of the molecule is C=C/C(C(=C)N(/C=C(\C)C1CC(C)(C)CC(C)(C)C1)C1=CC=C(F)C(Br)=CC1)=C(\C=C/CC)CC. The molecule has 0 heterocycles. The van der Waals surface area contributed by atoms with E-state index in [0.717, 1.165) is 29.8 Å². The van der Waals surface area contributed by atoms with E-state index in [2.05, 4.69) is 101 Å². The lowest BCUT2D eigenvalue weighted by molar-refractivity contribution is 0.0813. The summed E-state index contributed by atoms with van der Waals surface area (Å²) in [6.07, 6.45) is 19.8. The van der Waals surface area contributed by atoms with Gasteiger partial charge >= 0.3 is 0 Å². The van der Waals surface area contributed by atoms with Crippen molar-refractivity contribution in [2.75, 3.05) is 0 Å². The van der Waals surface area contributed by atoms with Crippen molar-refractivity contribution in [2.45, 2.75) is 87.0 Å². The lowest BCUT2D eigenvalue weighted by atomic mass is 9.60. The Kier molecular flexibility index (Phi) is 10.4. The van der Waals surface area contributed by atoms with Crippen molar-refractivity contribution in [2.24, 2.45) is 16.7 Å². The summed E-state index contributed by atoms with van der Waals surface area (Å²) in [5.41, 5.74) is 6.04. The first kappa shape index (κ1) is 29.4. The summed E-state index contributed by atoms with van der Waals surface area (Å²) in [7, 11) is 0. The molecule has 1 fully saturated rings. The summed E-state index contributed by atoms with van der Waals surface area (Å²) in [5.74, 6) is 0.230. The van der Waals surface area contributed by atoms with Crippen molar-refractivity contribution in [1.29, 1.82) is 0 Å². The average Bonchev–Trinajstić information content (AvgIpc) is 2.93. The summed E-state index contributed by atoms with van der Waals surface area (Å²) in [6, 6.07) is 0. The zero-order valence-corrected chi connectivity index (χ0v) is 24.6. The van der Waals surface area contributed by atoms with Crippen molar-refractivity contribution in [3.05, 3.63) is 94.2 Å². The predicted molar refractivity (Wildman–Crippen MR) is 155 cm³/mol. The van der Waals surface area contributed by atoms with Gasteiger partial charge in [0.25, 0.3) is 0 Å². The Bertz CT molecular complexity index is 981. The van der Waals surface area contributed by atoms with Crippen LogP contribution in [0.2, 0.25) is 0 Å². The fourth-order valence-corrected chi connectivity index (χ4v) is 6.11. The number of rotatable bonds is 9. The zero-order valence-electron chi connectivity index (χ0n) is 23.0. The Hall–Kier alpha value is -1.87. The van der Waals surface area contributed by atoms with E-state index in [1.54, 1.807) is 0 Å². The second kappa shape index (κ2) is 12.4. The summed E-state index contributed by atoms with van der Waals surface area (Å²) < 4.78 is 14.8. The van der Waals surface area contributed by atoms with Crippen molar-refractivity contribution in [3.8, 4) is 0 Å². The largest absolute Gasteiger partial charge is 0.321 e. The van der Waals surface area contributed by atoms with Crippen LogP contribution in [-0.2, 0) is 0 Å². The van der Waals surface area contributed by atoms with Crippen LogP contribution in [0.4, 0.5) is 4.39 Å². The number of halogens is 2. The molecule has 2 aliphatic rings. The van der Waals surface area contributed by atoms with Gasteiger partial charge in [0, 0.05) is 34.1 Å². The normalized spacial score (nSPS) is 21.5. The molecule has 2 aliphatic carbocycles. The quantitative estimate of drug-likeness (QED) is 0.262. The maximum Gasteiger partial charge on any atom is 0.137 e. The van der Waals surface area contributed by atoms with Gasteiger partial charge in [-0.2, -0.15) is 0 Å². The summed E-state index contributed by atoms with van der Waals surface area (Å²) in [6.45, 7) is 24.8. The van der Waals surface area contributed by atoms with Gasteiger partial charge in [-0.15, -0.1) is 0 Å². The van der Waals surface area contributed by atoms with Gasteiger partial charge in [0.05, 0.1) is 0 Å². The van der Waals surface area contributed by atoms with E-state index in [1.807, 2.05) is 18.2 Å². The molecule has 1 nitrogen and oxygen atoms in total. The highest BCUT2D eigenvalue weighted by Gasteiger charge is 2.39. The standard InChI is InChI=1S/C32H45BrFN/c1-10-13-14-25(11-2)28(12-3)24(5)35(27-15-17-29(33)30(34)18-16-27)21-23(4)26-19-31(6,7)22-32(8,9)20-26/h12-14,16-18,21,26H,3,5,10-11,15,19-20,22H2,1-2,4,6-9H3/b14-13-,23-21+,28-25+.